The molecule has 3 aromatic rings. The number of amides is 1. The SMILES string of the molecule is COc1ccc(C)cc1NC(=O)[C@H](C)OC(=O)CCc1ccc(-c2ccccc2)o1. The van der Waals surface area contributed by atoms with Crippen molar-refractivity contribution in [2.24, 2.45) is 0 Å². The van der Waals surface area contributed by atoms with Crippen molar-refractivity contribution in [3.05, 3.63) is 72.0 Å². The van der Waals surface area contributed by atoms with Crippen LogP contribution in [-0.4, -0.2) is 25.1 Å². The first-order valence-corrected chi connectivity index (χ1v) is 9.75. The molecule has 0 unspecified atom stereocenters. The highest BCUT2D eigenvalue weighted by Crippen LogP contribution is 2.25. The molecule has 0 saturated carbocycles. The van der Waals surface area contributed by atoms with Crippen molar-refractivity contribution in [3.63, 3.8) is 0 Å². The van der Waals surface area contributed by atoms with E-state index in [1.54, 1.807) is 12.1 Å². The topological polar surface area (TPSA) is 77.8 Å². The minimum atomic E-state index is -0.931. The zero-order chi connectivity index (χ0) is 21.5. The molecule has 0 radical (unpaired) electrons. The summed E-state index contributed by atoms with van der Waals surface area (Å²) in [6.45, 7) is 3.45. The highest BCUT2D eigenvalue weighted by atomic mass is 16.5. The Morgan fingerprint density at radius 2 is 1.83 bits per heavy atom. The lowest BCUT2D eigenvalue weighted by Crippen LogP contribution is -2.30. The van der Waals surface area contributed by atoms with E-state index < -0.39 is 18.0 Å². The van der Waals surface area contributed by atoms with Gasteiger partial charge in [0.1, 0.15) is 17.3 Å². The van der Waals surface area contributed by atoms with Gasteiger partial charge in [-0.3, -0.25) is 9.59 Å². The first-order chi connectivity index (χ1) is 14.5. The molecule has 0 bridgehead atoms. The van der Waals surface area contributed by atoms with Crippen LogP contribution in [0.4, 0.5) is 5.69 Å². The number of carbonyl (C=O) groups is 2. The molecule has 1 atom stereocenters. The second-order valence-electron chi connectivity index (χ2n) is 6.96. The molecule has 0 saturated heterocycles. The number of ether oxygens (including phenoxy) is 2. The number of aryl methyl sites for hydroxylation is 2. The van der Waals surface area contributed by atoms with Crippen molar-refractivity contribution in [2.45, 2.75) is 32.8 Å². The number of methoxy groups -OCH3 is 1. The second kappa shape index (κ2) is 9.78. The number of rotatable bonds is 8. The van der Waals surface area contributed by atoms with Crippen molar-refractivity contribution in [2.75, 3.05) is 12.4 Å². The van der Waals surface area contributed by atoms with E-state index in [4.69, 9.17) is 13.9 Å². The predicted octanol–water partition coefficient (Wildman–Crippen LogP) is 4.77. The van der Waals surface area contributed by atoms with E-state index in [1.807, 2.05) is 55.5 Å². The molecular formula is C24H25NO5. The molecule has 1 heterocycles. The normalized spacial score (nSPS) is 11.6. The summed E-state index contributed by atoms with van der Waals surface area (Å²) < 4.78 is 16.3. The standard InChI is InChI=1S/C24H25NO5/c1-16-9-12-22(28-3)20(15-16)25-24(27)17(2)29-23(26)14-11-19-10-13-21(30-19)18-7-5-4-6-8-18/h4-10,12-13,15,17H,11,14H2,1-3H3,(H,25,27)/t17-/m0/s1. The number of esters is 1. The van der Waals surface area contributed by atoms with Crippen LogP contribution in [0.2, 0.25) is 0 Å². The van der Waals surface area contributed by atoms with Crippen molar-refractivity contribution < 1.29 is 23.5 Å². The first kappa shape index (κ1) is 21.2. The number of anilines is 1. The van der Waals surface area contributed by atoms with Crippen molar-refractivity contribution in [1.82, 2.24) is 0 Å². The molecule has 1 amide bonds. The molecule has 0 aliphatic carbocycles. The number of carbonyl (C=O) groups excluding carboxylic acids is 2. The van der Waals surface area contributed by atoms with E-state index in [0.717, 1.165) is 16.9 Å². The molecule has 0 spiro atoms. The lowest BCUT2D eigenvalue weighted by Gasteiger charge is -2.15. The van der Waals surface area contributed by atoms with Gasteiger partial charge < -0.3 is 19.2 Å². The maximum Gasteiger partial charge on any atom is 0.307 e. The van der Waals surface area contributed by atoms with E-state index in [1.165, 1.54) is 14.0 Å². The van der Waals surface area contributed by atoms with Crippen LogP contribution in [-0.2, 0) is 20.7 Å². The number of furan rings is 1. The van der Waals surface area contributed by atoms with Gasteiger partial charge in [0.05, 0.1) is 19.2 Å². The molecule has 6 heteroatoms. The Balaban J connectivity index is 1.50. The van der Waals surface area contributed by atoms with Gasteiger partial charge in [-0.2, -0.15) is 0 Å². The maximum absolute atomic E-state index is 12.4. The Bertz CT molecular complexity index is 1010. The highest BCUT2D eigenvalue weighted by molar-refractivity contribution is 5.96. The second-order valence-corrected chi connectivity index (χ2v) is 6.96. The van der Waals surface area contributed by atoms with Gasteiger partial charge in [-0.25, -0.2) is 0 Å². The molecule has 3 rings (SSSR count). The van der Waals surface area contributed by atoms with Gasteiger partial charge in [-0.1, -0.05) is 36.4 Å². The lowest BCUT2D eigenvalue weighted by atomic mass is 10.2. The lowest BCUT2D eigenvalue weighted by molar-refractivity contribution is -0.153. The van der Waals surface area contributed by atoms with E-state index in [0.29, 0.717) is 23.6 Å². The summed E-state index contributed by atoms with van der Waals surface area (Å²) in [5, 5.41) is 2.74. The smallest absolute Gasteiger partial charge is 0.307 e. The van der Waals surface area contributed by atoms with Crippen LogP contribution in [0, 0.1) is 6.92 Å². The Hall–Kier alpha value is -3.54. The first-order valence-electron chi connectivity index (χ1n) is 9.75. The fourth-order valence-corrected chi connectivity index (χ4v) is 2.96. The van der Waals surface area contributed by atoms with E-state index in [9.17, 15) is 9.59 Å². The van der Waals surface area contributed by atoms with E-state index in [2.05, 4.69) is 5.32 Å². The summed E-state index contributed by atoms with van der Waals surface area (Å²) in [6, 6.07) is 18.9. The summed E-state index contributed by atoms with van der Waals surface area (Å²) in [4.78, 5) is 24.6. The summed E-state index contributed by atoms with van der Waals surface area (Å²) in [5.41, 5.74) is 2.49. The third-order valence-electron chi connectivity index (χ3n) is 4.59. The average Bonchev–Trinajstić information content (AvgIpc) is 3.22. The maximum atomic E-state index is 12.4. The third-order valence-corrected chi connectivity index (χ3v) is 4.59. The highest BCUT2D eigenvalue weighted by Gasteiger charge is 2.19. The minimum Gasteiger partial charge on any atom is -0.495 e. The number of nitrogens with one attached hydrogen (secondary N) is 1. The van der Waals surface area contributed by atoms with E-state index in [-0.39, 0.29) is 6.42 Å². The molecule has 0 aliphatic rings. The fraction of sp³-hybridized carbons (Fsp3) is 0.250. The molecule has 2 aromatic carbocycles. The van der Waals surface area contributed by atoms with Crippen molar-refractivity contribution in [1.29, 1.82) is 0 Å². The van der Waals surface area contributed by atoms with Crippen LogP contribution in [0.5, 0.6) is 5.75 Å². The Kier molecular flexibility index (Phi) is 6.91. The van der Waals surface area contributed by atoms with Gasteiger partial charge in [0.2, 0.25) is 0 Å². The quantitative estimate of drug-likeness (QED) is 0.545. The van der Waals surface area contributed by atoms with Crippen molar-refractivity contribution in [3.8, 4) is 17.1 Å². The number of hydrogen-bond donors (Lipinski definition) is 1. The van der Waals surface area contributed by atoms with E-state index >= 15 is 0 Å². The number of benzene rings is 2. The minimum absolute atomic E-state index is 0.118. The van der Waals surface area contributed by atoms with Gasteiger partial charge >= 0.3 is 5.97 Å². The Morgan fingerprint density at radius 1 is 1.07 bits per heavy atom. The van der Waals surface area contributed by atoms with Crippen LogP contribution in [0.15, 0.2) is 65.1 Å². The van der Waals surface area contributed by atoms with Gasteiger partial charge in [-0.15, -0.1) is 0 Å². The molecule has 0 aliphatic heterocycles. The molecule has 156 valence electrons. The third kappa shape index (κ3) is 5.50. The Morgan fingerprint density at radius 3 is 2.57 bits per heavy atom. The summed E-state index contributed by atoms with van der Waals surface area (Å²) >= 11 is 0. The Labute approximate surface area is 175 Å². The fourth-order valence-electron chi connectivity index (χ4n) is 2.96. The molecule has 6 nitrogen and oxygen atoms in total. The van der Waals surface area contributed by atoms with Crippen LogP contribution in [0.3, 0.4) is 0 Å². The molecule has 1 aromatic heterocycles. The number of hydrogen-bond acceptors (Lipinski definition) is 5. The van der Waals surface area contributed by atoms with Gasteiger partial charge in [0, 0.05) is 12.0 Å². The summed E-state index contributed by atoms with van der Waals surface area (Å²) in [7, 11) is 1.53. The van der Waals surface area contributed by atoms with Gasteiger partial charge in [0.25, 0.3) is 5.91 Å². The van der Waals surface area contributed by atoms with Crippen LogP contribution in [0.1, 0.15) is 24.7 Å². The molecule has 1 N–H and O–H groups in total. The van der Waals surface area contributed by atoms with Gasteiger partial charge in [0.15, 0.2) is 6.10 Å². The zero-order valence-electron chi connectivity index (χ0n) is 17.3. The van der Waals surface area contributed by atoms with Crippen LogP contribution < -0.4 is 10.1 Å². The summed E-state index contributed by atoms with van der Waals surface area (Å²) in [6.07, 6.45) is -0.419. The van der Waals surface area contributed by atoms with Crippen molar-refractivity contribution >= 4 is 17.6 Å². The molecule has 30 heavy (non-hydrogen) atoms. The van der Waals surface area contributed by atoms with Crippen LogP contribution >= 0.6 is 0 Å². The summed E-state index contributed by atoms with van der Waals surface area (Å²) in [5.74, 6) is 1.09. The van der Waals surface area contributed by atoms with Crippen LogP contribution in [0.25, 0.3) is 11.3 Å². The van der Waals surface area contributed by atoms with Gasteiger partial charge in [-0.05, 0) is 43.7 Å². The largest absolute Gasteiger partial charge is 0.495 e. The zero-order valence-corrected chi connectivity index (χ0v) is 17.3. The monoisotopic (exact) mass is 407 g/mol. The molecule has 0 fully saturated rings. The average molecular weight is 407 g/mol. The molecular weight excluding hydrogens is 382 g/mol. The predicted molar refractivity (Wildman–Crippen MR) is 114 cm³/mol.